The maximum atomic E-state index is 10.9. The first-order chi connectivity index (χ1) is 5.61. The van der Waals surface area contributed by atoms with Crippen molar-refractivity contribution < 1.29 is 9.66 Å². The Hall–Kier alpha value is -0.160. The van der Waals surface area contributed by atoms with Gasteiger partial charge < -0.3 is 4.74 Å². The summed E-state index contributed by atoms with van der Waals surface area (Å²) in [6, 6.07) is 0. The predicted octanol–water partition coefficient (Wildman–Crippen LogP) is 2.33. The standard InChI is InChI=1S/C8H14BrNO3/c1-6(2)5-8(9,10(11)12)7(3,4)13-6/h5H2,1-4H3. The number of nitrogens with zero attached hydrogens (tertiary/aromatic N) is 1. The van der Waals surface area contributed by atoms with Gasteiger partial charge in [0.1, 0.15) is 5.60 Å². The highest BCUT2D eigenvalue weighted by atomic mass is 79.9. The molecule has 5 heteroatoms. The topological polar surface area (TPSA) is 52.4 Å². The van der Waals surface area contributed by atoms with Gasteiger partial charge in [-0.15, -0.1) is 0 Å². The quantitative estimate of drug-likeness (QED) is 0.311. The minimum absolute atomic E-state index is 0.304. The first-order valence-corrected chi connectivity index (χ1v) is 4.94. The van der Waals surface area contributed by atoms with Gasteiger partial charge in [0, 0.05) is 20.9 Å². The van der Waals surface area contributed by atoms with Crippen LogP contribution in [0.3, 0.4) is 0 Å². The number of rotatable bonds is 1. The van der Waals surface area contributed by atoms with E-state index in [0.29, 0.717) is 6.42 Å². The lowest BCUT2D eigenvalue weighted by Gasteiger charge is -2.26. The van der Waals surface area contributed by atoms with Gasteiger partial charge in [-0.05, 0) is 27.7 Å². The lowest BCUT2D eigenvalue weighted by molar-refractivity contribution is -0.548. The van der Waals surface area contributed by atoms with E-state index in [1.54, 1.807) is 13.8 Å². The first-order valence-electron chi connectivity index (χ1n) is 4.14. The molecule has 1 unspecified atom stereocenters. The van der Waals surface area contributed by atoms with E-state index < -0.39 is 15.7 Å². The number of hydrogen-bond donors (Lipinski definition) is 0. The summed E-state index contributed by atoms with van der Waals surface area (Å²) in [5.74, 6) is 0. The zero-order chi connectivity index (χ0) is 10.5. The molecule has 0 aromatic rings. The predicted molar refractivity (Wildman–Crippen MR) is 52.5 cm³/mol. The zero-order valence-electron chi connectivity index (χ0n) is 8.26. The van der Waals surface area contributed by atoms with Gasteiger partial charge in [-0.1, -0.05) is 0 Å². The van der Waals surface area contributed by atoms with Crippen LogP contribution in [0.5, 0.6) is 0 Å². The van der Waals surface area contributed by atoms with Crippen molar-refractivity contribution in [2.24, 2.45) is 0 Å². The van der Waals surface area contributed by atoms with Crippen molar-refractivity contribution >= 4 is 15.9 Å². The summed E-state index contributed by atoms with van der Waals surface area (Å²) in [7, 11) is 0. The highest BCUT2D eigenvalue weighted by Gasteiger charge is 2.65. The summed E-state index contributed by atoms with van der Waals surface area (Å²) >= 11 is 3.18. The van der Waals surface area contributed by atoms with E-state index in [1.165, 1.54) is 0 Å². The minimum atomic E-state index is -1.16. The molecule has 0 saturated carbocycles. The van der Waals surface area contributed by atoms with Crippen molar-refractivity contribution in [1.82, 2.24) is 0 Å². The molecule has 1 aliphatic rings. The van der Waals surface area contributed by atoms with Crippen LogP contribution >= 0.6 is 15.9 Å². The van der Waals surface area contributed by atoms with Crippen molar-refractivity contribution in [2.75, 3.05) is 0 Å². The lowest BCUT2D eigenvalue weighted by atomic mass is 9.95. The average Bonchev–Trinajstić information content (AvgIpc) is 1.97. The highest BCUT2D eigenvalue weighted by molar-refractivity contribution is 9.10. The van der Waals surface area contributed by atoms with Crippen LogP contribution in [0.25, 0.3) is 0 Å². The number of hydrogen-bond acceptors (Lipinski definition) is 3. The Balaban J connectivity index is 3.07. The molecule has 0 aromatic carbocycles. The fraction of sp³-hybridized carbons (Fsp3) is 1.00. The Kier molecular flexibility index (Phi) is 2.24. The summed E-state index contributed by atoms with van der Waals surface area (Å²) in [4.78, 5) is 10.6. The maximum absolute atomic E-state index is 10.9. The van der Waals surface area contributed by atoms with E-state index >= 15 is 0 Å². The van der Waals surface area contributed by atoms with Gasteiger partial charge in [-0.2, -0.15) is 0 Å². The van der Waals surface area contributed by atoms with Crippen LogP contribution < -0.4 is 0 Å². The third kappa shape index (κ3) is 1.59. The molecule has 0 radical (unpaired) electrons. The molecule has 1 fully saturated rings. The molecule has 1 rings (SSSR count). The SMILES string of the molecule is CC1(C)CC(Br)([N+](=O)[O-])C(C)(C)O1. The molecule has 0 amide bonds. The van der Waals surface area contributed by atoms with E-state index in [2.05, 4.69) is 15.9 Å². The van der Waals surface area contributed by atoms with Gasteiger partial charge in [-0.25, -0.2) is 0 Å². The van der Waals surface area contributed by atoms with E-state index in [1.807, 2.05) is 13.8 Å². The summed E-state index contributed by atoms with van der Waals surface area (Å²) in [5, 5.41) is 10.9. The fourth-order valence-electron chi connectivity index (χ4n) is 1.87. The van der Waals surface area contributed by atoms with Crippen molar-refractivity contribution in [3.63, 3.8) is 0 Å². The molecule has 0 aliphatic carbocycles. The molecule has 0 N–H and O–H groups in total. The fourth-order valence-corrected chi connectivity index (χ4v) is 2.62. The molecule has 0 bridgehead atoms. The van der Waals surface area contributed by atoms with Gasteiger partial charge in [0.15, 0.2) is 0 Å². The number of alkyl halides is 1. The van der Waals surface area contributed by atoms with E-state index in [0.717, 1.165) is 0 Å². The van der Waals surface area contributed by atoms with Crippen LogP contribution in [-0.4, -0.2) is 20.6 Å². The van der Waals surface area contributed by atoms with Crippen LogP contribution in [0.4, 0.5) is 0 Å². The maximum Gasteiger partial charge on any atom is 0.305 e. The second kappa shape index (κ2) is 2.67. The second-order valence-electron chi connectivity index (χ2n) is 4.57. The summed E-state index contributed by atoms with van der Waals surface area (Å²) < 4.78 is 4.46. The third-order valence-corrected chi connectivity index (χ3v) is 3.93. The van der Waals surface area contributed by atoms with Crippen LogP contribution in [0, 0.1) is 10.1 Å². The van der Waals surface area contributed by atoms with Gasteiger partial charge in [0.25, 0.3) is 0 Å². The summed E-state index contributed by atoms with van der Waals surface area (Å²) in [5.41, 5.74) is -1.22. The molecule has 1 aliphatic heterocycles. The Bertz CT molecular complexity index is 252. The normalized spacial score (nSPS) is 36.1. The van der Waals surface area contributed by atoms with Gasteiger partial charge in [-0.3, -0.25) is 10.1 Å². The van der Waals surface area contributed by atoms with E-state index in [-0.39, 0.29) is 4.92 Å². The number of nitro groups is 1. The Morgan fingerprint density at radius 3 is 2.00 bits per heavy atom. The third-order valence-electron chi connectivity index (χ3n) is 2.40. The molecule has 13 heavy (non-hydrogen) atoms. The molecular weight excluding hydrogens is 238 g/mol. The minimum Gasteiger partial charge on any atom is -0.361 e. The van der Waals surface area contributed by atoms with Crippen LogP contribution in [0.1, 0.15) is 34.1 Å². The van der Waals surface area contributed by atoms with E-state index in [4.69, 9.17) is 4.74 Å². The van der Waals surface area contributed by atoms with Crippen LogP contribution in [0.15, 0.2) is 0 Å². The molecular formula is C8H14BrNO3. The Morgan fingerprint density at radius 1 is 1.38 bits per heavy atom. The van der Waals surface area contributed by atoms with Crippen LogP contribution in [-0.2, 0) is 4.74 Å². The van der Waals surface area contributed by atoms with Crippen molar-refractivity contribution in [2.45, 2.75) is 49.8 Å². The summed E-state index contributed by atoms with van der Waals surface area (Å²) in [6.45, 7) is 7.20. The largest absolute Gasteiger partial charge is 0.361 e. The first kappa shape index (κ1) is 10.9. The van der Waals surface area contributed by atoms with Crippen LogP contribution in [0.2, 0.25) is 0 Å². The molecule has 0 spiro atoms. The molecule has 76 valence electrons. The van der Waals surface area contributed by atoms with Crippen molar-refractivity contribution in [3.05, 3.63) is 10.1 Å². The monoisotopic (exact) mass is 251 g/mol. The van der Waals surface area contributed by atoms with E-state index in [9.17, 15) is 10.1 Å². The zero-order valence-corrected chi connectivity index (χ0v) is 9.84. The van der Waals surface area contributed by atoms with Gasteiger partial charge in [0.2, 0.25) is 0 Å². The summed E-state index contributed by atoms with van der Waals surface area (Å²) in [6.07, 6.45) is 0.375. The molecule has 1 atom stereocenters. The Morgan fingerprint density at radius 2 is 1.85 bits per heavy atom. The molecule has 0 aromatic heterocycles. The molecule has 4 nitrogen and oxygen atoms in total. The highest BCUT2D eigenvalue weighted by Crippen LogP contribution is 2.50. The number of ether oxygens (including phenoxy) is 1. The van der Waals surface area contributed by atoms with Gasteiger partial charge >= 0.3 is 4.45 Å². The molecule has 1 heterocycles. The average molecular weight is 252 g/mol. The van der Waals surface area contributed by atoms with Crippen molar-refractivity contribution in [3.8, 4) is 0 Å². The number of halogens is 1. The lowest BCUT2D eigenvalue weighted by Crippen LogP contribution is -2.47. The van der Waals surface area contributed by atoms with Crippen molar-refractivity contribution in [1.29, 1.82) is 0 Å². The molecule has 1 saturated heterocycles. The Labute approximate surface area is 85.9 Å². The smallest absolute Gasteiger partial charge is 0.305 e. The van der Waals surface area contributed by atoms with Gasteiger partial charge in [0.05, 0.1) is 12.0 Å². The second-order valence-corrected chi connectivity index (χ2v) is 5.88.